The van der Waals surface area contributed by atoms with Crippen LogP contribution >= 0.6 is 7.82 Å². The van der Waals surface area contributed by atoms with E-state index in [0.717, 1.165) is 13.8 Å². The van der Waals surface area contributed by atoms with Crippen LogP contribution < -0.4 is 11.1 Å². The van der Waals surface area contributed by atoms with Gasteiger partial charge in [0.25, 0.3) is 5.91 Å². The lowest BCUT2D eigenvalue weighted by atomic mass is 9.44. The normalized spacial score (nSPS) is 30.8. The Bertz CT molecular complexity index is 2540. The minimum Gasteiger partial charge on any atom is -0.456 e. The van der Waals surface area contributed by atoms with Crippen molar-refractivity contribution in [3.8, 4) is 0 Å². The maximum absolute atomic E-state index is 15.7. The lowest BCUT2D eigenvalue weighted by Crippen LogP contribution is -2.82. The second-order valence-corrected chi connectivity index (χ2v) is 19.9. The summed E-state index contributed by atoms with van der Waals surface area (Å²) < 4.78 is 54.8. The number of carbonyl (C=O) groups excluding carboxylic acids is 6. The minimum absolute atomic E-state index is 0.0200. The Morgan fingerprint density at radius 1 is 0.884 bits per heavy atom. The molecule has 2 bridgehead atoms. The van der Waals surface area contributed by atoms with Crippen molar-refractivity contribution in [2.24, 2.45) is 22.5 Å². The predicted molar refractivity (Wildman–Crippen MR) is 241 cm³/mol. The topological polar surface area (TPSA) is 283 Å². The summed E-state index contributed by atoms with van der Waals surface area (Å²) >= 11 is 0. The molecule has 370 valence electrons. The number of ether oxygens (including phenoxy) is 5. The highest BCUT2D eigenvalue weighted by Gasteiger charge is 2.78. The Balaban J connectivity index is 1.43. The van der Waals surface area contributed by atoms with Crippen LogP contribution in [0.1, 0.15) is 86.7 Å². The molecule has 6 N–H and O–H groups in total. The van der Waals surface area contributed by atoms with Gasteiger partial charge < -0.3 is 49.8 Å². The van der Waals surface area contributed by atoms with Crippen molar-refractivity contribution < 1.29 is 81.2 Å². The zero-order chi connectivity index (χ0) is 50.3. The molecule has 20 heteroatoms. The van der Waals surface area contributed by atoms with Crippen molar-refractivity contribution in [3.63, 3.8) is 0 Å². The maximum Gasteiger partial charge on any atom is 0.473 e. The first-order chi connectivity index (χ1) is 32.5. The largest absolute Gasteiger partial charge is 0.473 e. The van der Waals surface area contributed by atoms with Gasteiger partial charge in [-0.25, -0.2) is 14.2 Å². The number of hydrogen-bond acceptors (Lipinski definition) is 17. The highest BCUT2D eigenvalue weighted by molar-refractivity contribution is 7.47. The fourth-order valence-electron chi connectivity index (χ4n) is 10.6. The third-order valence-corrected chi connectivity index (χ3v) is 15.1. The number of carbonyl (C=O) groups is 6. The molecule has 69 heavy (non-hydrogen) atoms. The first-order valence-corrected chi connectivity index (χ1v) is 23.9. The van der Waals surface area contributed by atoms with Gasteiger partial charge >= 0.3 is 31.7 Å². The van der Waals surface area contributed by atoms with Crippen molar-refractivity contribution >= 4 is 43.4 Å². The Hall–Kier alpha value is -5.63. The van der Waals surface area contributed by atoms with Crippen molar-refractivity contribution in [3.05, 3.63) is 119 Å². The average Bonchev–Trinajstić information content (AvgIpc) is 3.30. The summed E-state index contributed by atoms with van der Waals surface area (Å²) in [5, 5.41) is 28.7. The molecule has 12 atom stereocenters. The first-order valence-electron chi connectivity index (χ1n) is 22.4. The van der Waals surface area contributed by atoms with Crippen LogP contribution in [-0.4, -0.2) is 118 Å². The predicted octanol–water partition coefficient (Wildman–Crippen LogP) is 3.84. The van der Waals surface area contributed by atoms with Crippen LogP contribution in [-0.2, 0) is 56.5 Å². The second-order valence-electron chi connectivity index (χ2n) is 18.5. The third-order valence-electron chi connectivity index (χ3n) is 14.1. The monoisotopic (exact) mass is 976 g/mol. The van der Waals surface area contributed by atoms with Crippen LogP contribution in [0.5, 0.6) is 0 Å². The summed E-state index contributed by atoms with van der Waals surface area (Å²) in [7, 11) is -5.22. The second kappa shape index (κ2) is 19.6. The molecule has 3 fully saturated rings. The van der Waals surface area contributed by atoms with Crippen LogP contribution in [0.25, 0.3) is 0 Å². The number of nitrogens with two attached hydrogens (primary N) is 1. The molecule has 7 rings (SSSR count). The Labute approximate surface area is 398 Å². The highest BCUT2D eigenvalue weighted by Crippen LogP contribution is 2.64. The van der Waals surface area contributed by atoms with Gasteiger partial charge in [0.15, 0.2) is 23.6 Å². The molecule has 3 aromatic rings. The van der Waals surface area contributed by atoms with Crippen molar-refractivity contribution in [1.29, 1.82) is 0 Å². The van der Waals surface area contributed by atoms with Gasteiger partial charge in [-0.3, -0.25) is 28.2 Å². The molecule has 19 nitrogen and oxygen atoms in total. The van der Waals surface area contributed by atoms with E-state index in [0.29, 0.717) is 0 Å². The standard InChI is InChI=1S/C49H57N2O17P/c1-27-33(65-45(58)39(68-69(60,61)63-23-22-50)37(30-16-10-7-11-17-30)51-43(56)31-18-12-8-13-19-31)25-49(59)42(66-44(57)32-20-14-9-15-21-32)40-47(6,34(54)24-35-48(40,26-62-35)67-29(3)53)41(55)38(64-28(2)52)36(27)46(49,4)5/h7-21,33-35,37-40,42,54,59H,22-26,50H2,1-6H3,(H,51,56)(H,60,61)/t33-,34-,35+,37-,38+,39+,40-,42-,47+,48-,49+/m0/s1. The number of rotatable bonds is 15. The lowest BCUT2D eigenvalue weighted by molar-refractivity contribution is -0.346. The molecule has 1 heterocycles. The van der Waals surface area contributed by atoms with E-state index >= 15 is 9.59 Å². The molecule has 0 radical (unpaired) electrons. The fourth-order valence-corrected chi connectivity index (χ4v) is 11.5. The Morgan fingerprint density at radius 3 is 2.03 bits per heavy atom. The van der Waals surface area contributed by atoms with E-state index in [2.05, 4.69) is 5.32 Å². The van der Waals surface area contributed by atoms with E-state index in [9.17, 15) is 38.8 Å². The number of amides is 1. The first kappa shape index (κ1) is 51.2. The Morgan fingerprint density at radius 2 is 1.48 bits per heavy atom. The SMILES string of the molecule is CC(=O)O[C@H]1C(=O)[C@@]2(C)[C@H]([C@H](OC(=O)c3ccccc3)[C@]3(O)C[C@H](OC(=O)[C@H](OP(=O)(O)OCCN)[C@@H](NC(=O)c4ccccc4)c4ccccc4)C(C)=C1C3(C)C)[C@]1(OC(C)=O)CO[C@@H]1C[C@@H]2O. The van der Waals surface area contributed by atoms with Crippen LogP contribution in [0.3, 0.4) is 0 Å². The number of ketones is 1. The van der Waals surface area contributed by atoms with Crippen LogP contribution in [0, 0.1) is 16.7 Å². The molecule has 0 aromatic heterocycles. The lowest BCUT2D eigenvalue weighted by Gasteiger charge is -2.67. The fraction of sp³-hybridized carbons (Fsp3) is 0.469. The van der Waals surface area contributed by atoms with Gasteiger partial charge in [0, 0.05) is 44.2 Å². The molecule has 2 saturated carbocycles. The van der Waals surface area contributed by atoms with Gasteiger partial charge in [-0.2, -0.15) is 0 Å². The molecule has 4 aliphatic rings. The number of phosphoric acid groups is 1. The number of hydrogen-bond donors (Lipinski definition) is 5. The zero-order valence-corrected chi connectivity index (χ0v) is 39.8. The maximum atomic E-state index is 15.7. The zero-order valence-electron chi connectivity index (χ0n) is 38.9. The molecule has 1 saturated heterocycles. The molecule has 1 unspecified atom stereocenters. The third kappa shape index (κ3) is 9.42. The summed E-state index contributed by atoms with van der Waals surface area (Å²) in [6.07, 6.45) is -11.3. The number of aliphatic hydroxyl groups is 2. The number of Topliss-reactive ketones (excluding diaryl/α,β-unsaturated/α-hetero) is 1. The average molecular weight is 977 g/mol. The molecule has 1 amide bonds. The van der Waals surface area contributed by atoms with E-state index in [1.807, 2.05) is 0 Å². The van der Waals surface area contributed by atoms with Gasteiger partial charge in [0.2, 0.25) is 0 Å². The number of benzene rings is 3. The number of aliphatic hydroxyl groups excluding tert-OH is 1. The van der Waals surface area contributed by atoms with Gasteiger partial charge in [0.1, 0.15) is 23.9 Å². The minimum atomic E-state index is -5.22. The van der Waals surface area contributed by atoms with Crippen molar-refractivity contribution in [2.45, 2.75) is 108 Å². The van der Waals surface area contributed by atoms with Crippen LogP contribution in [0.15, 0.2) is 102 Å². The van der Waals surface area contributed by atoms with E-state index < -0.39 is 127 Å². The quantitative estimate of drug-likeness (QED) is 0.0626. The molecular formula is C49H57N2O17P. The number of phosphoric ester groups is 1. The molecule has 3 aliphatic carbocycles. The number of nitrogens with one attached hydrogen (secondary N) is 1. The van der Waals surface area contributed by atoms with Gasteiger partial charge in [0.05, 0.1) is 42.3 Å². The molecule has 3 aromatic carbocycles. The van der Waals surface area contributed by atoms with E-state index in [1.54, 1.807) is 54.6 Å². The smallest absolute Gasteiger partial charge is 0.456 e. The molecular weight excluding hydrogens is 920 g/mol. The van der Waals surface area contributed by atoms with Gasteiger partial charge in [-0.05, 0) is 54.8 Å². The van der Waals surface area contributed by atoms with E-state index in [1.165, 1.54) is 64.1 Å². The molecule has 1 aliphatic heterocycles. The van der Waals surface area contributed by atoms with Crippen molar-refractivity contribution in [1.82, 2.24) is 5.32 Å². The summed E-state index contributed by atoms with van der Waals surface area (Å²) in [6.45, 7) is 6.95. The van der Waals surface area contributed by atoms with E-state index in [4.69, 9.17) is 38.5 Å². The van der Waals surface area contributed by atoms with Crippen LogP contribution in [0.4, 0.5) is 0 Å². The van der Waals surface area contributed by atoms with Crippen LogP contribution in [0.2, 0.25) is 0 Å². The van der Waals surface area contributed by atoms with Gasteiger partial charge in [-0.1, -0.05) is 80.6 Å². The molecule has 0 spiro atoms. The van der Waals surface area contributed by atoms with Crippen molar-refractivity contribution in [2.75, 3.05) is 19.8 Å². The number of esters is 4. The summed E-state index contributed by atoms with van der Waals surface area (Å²) in [4.78, 5) is 96.3. The summed E-state index contributed by atoms with van der Waals surface area (Å²) in [6, 6.07) is 21.9. The number of fused-ring (bicyclic) bond motifs is 5. The summed E-state index contributed by atoms with van der Waals surface area (Å²) in [5.74, 6) is -7.43. The van der Waals surface area contributed by atoms with Gasteiger partial charge in [-0.15, -0.1) is 0 Å². The van der Waals surface area contributed by atoms with E-state index in [-0.39, 0.29) is 47.4 Å². The Kier molecular flexibility index (Phi) is 14.6. The summed E-state index contributed by atoms with van der Waals surface area (Å²) in [5.41, 5.74) is -2.34. The highest BCUT2D eigenvalue weighted by atomic mass is 31.2.